The first-order valence-electron chi connectivity index (χ1n) is 7.74. The molecule has 0 unspecified atom stereocenters. The molecular weight excluding hydrogens is 306 g/mol. The van der Waals surface area contributed by atoms with E-state index in [2.05, 4.69) is 27.7 Å². The molecule has 0 radical (unpaired) electrons. The van der Waals surface area contributed by atoms with Gasteiger partial charge in [0.15, 0.2) is 5.78 Å². The molecule has 0 bridgehead atoms. The van der Waals surface area contributed by atoms with Crippen LogP contribution in [0.1, 0.15) is 33.3 Å². The van der Waals surface area contributed by atoms with Gasteiger partial charge < -0.3 is 5.32 Å². The van der Waals surface area contributed by atoms with Crippen molar-refractivity contribution in [3.63, 3.8) is 0 Å². The van der Waals surface area contributed by atoms with Crippen molar-refractivity contribution in [3.05, 3.63) is 51.2 Å². The highest BCUT2D eigenvalue weighted by Gasteiger charge is 2.16. The standard InChI is InChI=1S/C18H19N3OS/c1-13(22)16-3-2-14(11-19)10-17(16)20-6-8-21-7-4-18-15(12-21)5-9-23-18/h2-3,5,9-10,20H,4,6-8,12H2,1H3. The molecule has 1 aromatic heterocycles. The number of rotatable bonds is 5. The normalized spacial score (nSPS) is 14.1. The molecule has 1 N–H and O–H groups in total. The topological polar surface area (TPSA) is 56.1 Å². The van der Waals surface area contributed by atoms with Gasteiger partial charge in [-0.2, -0.15) is 5.26 Å². The second-order valence-corrected chi connectivity index (χ2v) is 6.75. The first-order valence-corrected chi connectivity index (χ1v) is 8.62. The van der Waals surface area contributed by atoms with Gasteiger partial charge in [-0.15, -0.1) is 11.3 Å². The molecule has 1 aliphatic rings. The van der Waals surface area contributed by atoms with Crippen molar-refractivity contribution in [1.29, 1.82) is 5.26 Å². The Balaban J connectivity index is 1.61. The monoisotopic (exact) mass is 325 g/mol. The summed E-state index contributed by atoms with van der Waals surface area (Å²) >= 11 is 1.85. The van der Waals surface area contributed by atoms with Crippen molar-refractivity contribution in [3.8, 4) is 6.07 Å². The van der Waals surface area contributed by atoms with E-state index in [4.69, 9.17) is 5.26 Å². The number of fused-ring (bicyclic) bond motifs is 1. The maximum absolute atomic E-state index is 11.7. The number of nitrogens with one attached hydrogen (secondary N) is 1. The molecule has 0 aliphatic carbocycles. The molecule has 0 fully saturated rings. The number of thiophene rings is 1. The molecule has 0 saturated heterocycles. The number of nitrogens with zero attached hydrogens (tertiary/aromatic N) is 2. The summed E-state index contributed by atoms with van der Waals surface area (Å²) in [5.41, 5.74) is 3.41. The van der Waals surface area contributed by atoms with Crippen LogP contribution in [0.2, 0.25) is 0 Å². The van der Waals surface area contributed by atoms with Gasteiger partial charge in [0.05, 0.1) is 11.6 Å². The minimum atomic E-state index is 0.0119. The molecule has 0 spiro atoms. The Hall–Kier alpha value is -2.16. The summed E-state index contributed by atoms with van der Waals surface area (Å²) in [5, 5.41) is 14.5. The molecule has 0 atom stereocenters. The maximum Gasteiger partial charge on any atom is 0.161 e. The molecule has 118 valence electrons. The lowest BCUT2D eigenvalue weighted by Crippen LogP contribution is -2.33. The van der Waals surface area contributed by atoms with Gasteiger partial charge in [0.1, 0.15) is 0 Å². The summed E-state index contributed by atoms with van der Waals surface area (Å²) in [7, 11) is 0. The third-order valence-corrected chi connectivity index (χ3v) is 5.18. The molecule has 1 aliphatic heterocycles. The van der Waals surface area contributed by atoms with Gasteiger partial charge in [-0.25, -0.2) is 0 Å². The van der Waals surface area contributed by atoms with E-state index in [0.29, 0.717) is 11.1 Å². The quantitative estimate of drug-likeness (QED) is 0.857. The fourth-order valence-corrected chi connectivity index (χ4v) is 3.80. The molecular formula is C18H19N3OS. The lowest BCUT2D eigenvalue weighted by molar-refractivity contribution is 0.101. The fourth-order valence-electron chi connectivity index (χ4n) is 2.91. The van der Waals surface area contributed by atoms with Crippen molar-refractivity contribution >= 4 is 22.8 Å². The molecule has 3 rings (SSSR count). The first-order chi connectivity index (χ1) is 11.2. The molecule has 2 heterocycles. The van der Waals surface area contributed by atoms with Crippen LogP contribution in [0.5, 0.6) is 0 Å². The predicted octanol–water partition coefficient (Wildman–Crippen LogP) is 3.29. The molecule has 1 aromatic carbocycles. The number of carbonyl (C=O) groups is 1. The Bertz CT molecular complexity index is 760. The third kappa shape index (κ3) is 3.61. The van der Waals surface area contributed by atoms with Crippen LogP contribution in [0.25, 0.3) is 0 Å². The fraction of sp³-hybridized carbons (Fsp3) is 0.333. The minimum absolute atomic E-state index is 0.0119. The van der Waals surface area contributed by atoms with E-state index >= 15 is 0 Å². The van der Waals surface area contributed by atoms with E-state index in [1.165, 1.54) is 10.4 Å². The third-order valence-electron chi connectivity index (χ3n) is 4.16. The summed E-state index contributed by atoms with van der Waals surface area (Å²) in [6, 6.07) is 9.50. The lowest BCUT2D eigenvalue weighted by Gasteiger charge is -2.27. The number of hydrogen-bond donors (Lipinski definition) is 1. The van der Waals surface area contributed by atoms with Gasteiger partial charge in [0.25, 0.3) is 0 Å². The van der Waals surface area contributed by atoms with Gasteiger partial charge in [-0.3, -0.25) is 9.69 Å². The van der Waals surface area contributed by atoms with Crippen molar-refractivity contribution in [2.45, 2.75) is 19.9 Å². The van der Waals surface area contributed by atoms with Crippen LogP contribution in [0.15, 0.2) is 29.6 Å². The van der Waals surface area contributed by atoms with Crippen molar-refractivity contribution < 1.29 is 4.79 Å². The Labute approximate surface area is 140 Å². The van der Waals surface area contributed by atoms with Crippen LogP contribution in [0.4, 0.5) is 5.69 Å². The van der Waals surface area contributed by atoms with Crippen LogP contribution >= 0.6 is 11.3 Å². The van der Waals surface area contributed by atoms with Crippen LogP contribution < -0.4 is 5.32 Å². The smallest absolute Gasteiger partial charge is 0.161 e. The molecule has 0 saturated carbocycles. The molecule has 23 heavy (non-hydrogen) atoms. The van der Waals surface area contributed by atoms with Gasteiger partial charge in [0.2, 0.25) is 0 Å². The van der Waals surface area contributed by atoms with Gasteiger partial charge in [0, 0.05) is 42.3 Å². The van der Waals surface area contributed by atoms with Gasteiger partial charge >= 0.3 is 0 Å². The van der Waals surface area contributed by atoms with Crippen LogP contribution in [-0.2, 0) is 13.0 Å². The number of nitriles is 1. The number of anilines is 1. The highest BCUT2D eigenvalue weighted by Crippen LogP contribution is 2.24. The molecule has 0 amide bonds. The maximum atomic E-state index is 11.7. The predicted molar refractivity (Wildman–Crippen MR) is 93.0 cm³/mol. The Kier molecular flexibility index (Phi) is 4.75. The van der Waals surface area contributed by atoms with Crippen LogP contribution in [-0.4, -0.2) is 30.3 Å². The van der Waals surface area contributed by atoms with E-state index in [0.717, 1.165) is 38.3 Å². The largest absolute Gasteiger partial charge is 0.383 e. The van der Waals surface area contributed by atoms with E-state index in [-0.39, 0.29) is 5.78 Å². The average Bonchev–Trinajstić information content (AvgIpc) is 3.02. The molecule has 4 nitrogen and oxygen atoms in total. The van der Waals surface area contributed by atoms with E-state index in [1.54, 1.807) is 25.1 Å². The summed E-state index contributed by atoms with van der Waals surface area (Å²) in [5.74, 6) is 0.0119. The highest BCUT2D eigenvalue weighted by molar-refractivity contribution is 7.10. The number of Topliss-reactive ketones (excluding diaryl/α,β-unsaturated/α-hetero) is 1. The number of ketones is 1. The lowest BCUT2D eigenvalue weighted by atomic mass is 10.1. The Morgan fingerprint density at radius 3 is 3.09 bits per heavy atom. The SMILES string of the molecule is CC(=O)c1ccc(C#N)cc1NCCN1CCc2sccc2C1. The van der Waals surface area contributed by atoms with Gasteiger partial charge in [-0.05, 0) is 48.6 Å². The first kappa shape index (κ1) is 15.7. The molecule has 2 aromatic rings. The number of benzene rings is 1. The van der Waals surface area contributed by atoms with Gasteiger partial charge in [-0.1, -0.05) is 0 Å². The summed E-state index contributed by atoms with van der Waals surface area (Å²) in [4.78, 5) is 15.6. The van der Waals surface area contributed by atoms with Crippen molar-refractivity contribution in [2.75, 3.05) is 25.0 Å². The Morgan fingerprint density at radius 2 is 2.30 bits per heavy atom. The van der Waals surface area contributed by atoms with E-state index in [1.807, 2.05) is 11.3 Å². The van der Waals surface area contributed by atoms with Crippen molar-refractivity contribution in [2.24, 2.45) is 0 Å². The highest BCUT2D eigenvalue weighted by atomic mass is 32.1. The van der Waals surface area contributed by atoms with E-state index in [9.17, 15) is 4.79 Å². The second-order valence-electron chi connectivity index (χ2n) is 5.75. The zero-order valence-corrected chi connectivity index (χ0v) is 13.9. The second kappa shape index (κ2) is 6.95. The number of carbonyl (C=O) groups excluding carboxylic acids is 1. The number of hydrogen-bond acceptors (Lipinski definition) is 5. The van der Waals surface area contributed by atoms with Crippen molar-refractivity contribution in [1.82, 2.24) is 4.90 Å². The zero-order valence-electron chi connectivity index (χ0n) is 13.1. The summed E-state index contributed by atoms with van der Waals surface area (Å²) < 4.78 is 0. The van der Waals surface area contributed by atoms with E-state index < -0.39 is 0 Å². The summed E-state index contributed by atoms with van der Waals surface area (Å²) in [6.07, 6.45) is 1.12. The van der Waals surface area contributed by atoms with Crippen LogP contribution in [0, 0.1) is 11.3 Å². The average molecular weight is 325 g/mol. The minimum Gasteiger partial charge on any atom is -0.383 e. The Morgan fingerprint density at radius 1 is 1.43 bits per heavy atom. The zero-order chi connectivity index (χ0) is 16.2. The summed E-state index contributed by atoms with van der Waals surface area (Å²) in [6.45, 7) is 5.30. The molecule has 5 heteroatoms. The van der Waals surface area contributed by atoms with Crippen LogP contribution in [0.3, 0.4) is 0 Å².